The van der Waals surface area contributed by atoms with Gasteiger partial charge in [-0.25, -0.2) is 0 Å². The highest BCUT2D eigenvalue weighted by atomic mass is 16.5. The van der Waals surface area contributed by atoms with Crippen LogP contribution in [0.3, 0.4) is 0 Å². The third kappa shape index (κ3) is 3.74. The molecule has 1 atom stereocenters. The maximum atomic E-state index is 12.6. The molecule has 0 aliphatic carbocycles. The number of carbonyl (C=O) groups excluding carboxylic acids is 2. The second-order valence-corrected chi connectivity index (χ2v) is 6.67. The van der Waals surface area contributed by atoms with Gasteiger partial charge in [-0.05, 0) is 37.8 Å². The van der Waals surface area contributed by atoms with Gasteiger partial charge in [0, 0.05) is 24.2 Å². The van der Waals surface area contributed by atoms with E-state index in [1.165, 1.54) is 6.20 Å². The van der Waals surface area contributed by atoms with Crippen molar-refractivity contribution in [1.82, 2.24) is 15.1 Å². The molecule has 0 saturated carbocycles. The summed E-state index contributed by atoms with van der Waals surface area (Å²) >= 11 is 0. The van der Waals surface area contributed by atoms with E-state index in [1.807, 2.05) is 11.6 Å². The van der Waals surface area contributed by atoms with Gasteiger partial charge in [0.1, 0.15) is 11.5 Å². The first-order valence-corrected chi connectivity index (χ1v) is 8.79. The van der Waals surface area contributed by atoms with Crippen LogP contribution in [0.25, 0.3) is 0 Å². The average Bonchev–Trinajstić information content (AvgIpc) is 3.09. The van der Waals surface area contributed by atoms with Gasteiger partial charge in [0.25, 0.3) is 11.8 Å². The summed E-state index contributed by atoms with van der Waals surface area (Å²) in [5.74, 6) is 0.755. The zero-order valence-electron chi connectivity index (χ0n) is 15.7. The smallest absolute Gasteiger partial charge is 0.252 e. The van der Waals surface area contributed by atoms with Crippen molar-refractivity contribution in [2.24, 2.45) is 11.7 Å². The lowest BCUT2D eigenvalue weighted by molar-refractivity contribution is 0.0941. The Kier molecular flexibility index (Phi) is 5.34. The maximum Gasteiger partial charge on any atom is 0.252 e. The van der Waals surface area contributed by atoms with Crippen molar-refractivity contribution < 1.29 is 19.1 Å². The van der Waals surface area contributed by atoms with Crippen molar-refractivity contribution in [3.8, 4) is 11.5 Å². The van der Waals surface area contributed by atoms with Gasteiger partial charge in [0.2, 0.25) is 0 Å². The molecule has 0 radical (unpaired) electrons. The first kappa shape index (κ1) is 18.8. The summed E-state index contributed by atoms with van der Waals surface area (Å²) in [5.41, 5.74) is 8.03. The van der Waals surface area contributed by atoms with Crippen LogP contribution in [0, 0.1) is 12.8 Å². The van der Waals surface area contributed by atoms with Crippen molar-refractivity contribution in [2.75, 3.05) is 20.8 Å². The summed E-state index contributed by atoms with van der Waals surface area (Å²) < 4.78 is 12.5. The fourth-order valence-electron chi connectivity index (χ4n) is 3.44. The van der Waals surface area contributed by atoms with Gasteiger partial charge in [0.15, 0.2) is 0 Å². The van der Waals surface area contributed by atoms with Crippen LogP contribution in [0.2, 0.25) is 0 Å². The van der Waals surface area contributed by atoms with Gasteiger partial charge in [0.05, 0.1) is 31.7 Å². The quantitative estimate of drug-likeness (QED) is 0.794. The van der Waals surface area contributed by atoms with Gasteiger partial charge < -0.3 is 20.5 Å². The standard InChI is InChI=1S/C19H24N4O4/c1-11-16(26-2)7-13(8-17(11)27-3)19(25)21-9-12-4-5-23-15(6-12)14(10-22-23)18(20)24/h7-8,10,12H,4-6,9H2,1-3H3,(H2,20,24)(H,21,25)/t12-/m1/s1. The van der Waals surface area contributed by atoms with Crippen molar-refractivity contribution in [2.45, 2.75) is 26.3 Å². The van der Waals surface area contributed by atoms with Crippen molar-refractivity contribution in [3.05, 3.63) is 40.7 Å². The molecule has 2 aromatic rings. The van der Waals surface area contributed by atoms with Crippen LogP contribution in [0.5, 0.6) is 11.5 Å². The zero-order valence-corrected chi connectivity index (χ0v) is 15.7. The molecule has 2 heterocycles. The van der Waals surface area contributed by atoms with E-state index in [-0.39, 0.29) is 11.8 Å². The predicted molar refractivity (Wildman–Crippen MR) is 99.2 cm³/mol. The van der Waals surface area contributed by atoms with Gasteiger partial charge in [-0.2, -0.15) is 5.10 Å². The number of nitrogens with zero attached hydrogens (tertiary/aromatic N) is 2. The summed E-state index contributed by atoms with van der Waals surface area (Å²) in [4.78, 5) is 24.1. The monoisotopic (exact) mass is 372 g/mol. The minimum atomic E-state index is -0.472. The van der Waals surface area contributed by atoms with Crippen LogP contribution < -0.4 is 20.5 Å². The number of ether oxygens (including phenoxy) is 2. The van der Waals surface area contributed by atoms with Gasteiger partial charge in [-0.3, -0.25) is 14.3 Å². The molecule has 0 unspecified atom stereocenters. The molecule has 1 aliphatic heterocycles. The van der Waals surface area contributed by atoms with Gasteiger partial charge in [-0.1, -0.05) is 0 Å². The molecule has 3 rings (SSSR count). The number of hydrogen-bond donors (Lipinski definition) is 2. The van der Waals surface area contributed by atoms with Gasteiger partial charge >= 0.3 is 0 Å². The van der Waals surface area contributed by atoms with Crippen molar-refractivity contribution in [1.29, 1.82) is 0 Å². The summed E-state index contributed by atoms with van der Waals surface area (Å²) in [5, 5.41) is 7.17. The molecule has 1 aromatic heterocycles. The summed E-state index contributed by atoms with van der Waals surface area (Å²) in [6.45, 7) is 3.08. The molecule has 8 nitrogen and oxygen atoms in total. The van der Waals surface area contributed by atoms with E-state index < -0.39 is 5.91 Å². The number of primary amides is 1. The fraction of sp³-hybridized carbons (Fsp3) is 0.421. The number of aryl methyl sites for hydroxylation is 1. The molecule has 0 fully saturated rings. The topological polar surface area (TPSA) is 108 Å². The highest BCUT2D eigenvalue weighted by Crippen LogP contribution is 2.29. The Balaban J connectivity index is 1.68. The summed E-state index contributed by atoms with van der Waals surface area (Å²) in [7, 11) is 3.12. The van der Waals surface area contributed by atoms with Crippen LogP contribution in [0.15, 0.2) is 18.3 Å². The minimum Gasteiger partial charge on any atom is -0.496 e. The van der Waals surface area contributed by atoms with Crippen LogP contribution in [0.4, 0.5) is 0 Å². The average molecular weight is 372 g/mol. The van der Waals surface area contributed by atoms with Crippen molar-refractivity contribution >= 4 is 11.8 Å². The molecule has 2 amide bonds. The lowest BCUT2D eigenvalue weighted by Gasteiger charge is -2.24. The Hall–Kier alpha value is -3.03. The van der Waals surface area contributed by atoms with E-state index in [4.69, 9.17) is 15.2 Å². The Morgan fingerprint density at radius 2 is 1.96 bits per heavy atom. The predicted octanol–water partition coefficient (Wildman–Crippen LogP) is 1.30. The first-order chi connectivity index (χ1) is 12.9. The number of aromatic nitrogens is 2. The largest absolute Gasteiger partial charge is 0.496 e. The zero-order chi connectivity index (χ0) is 19.6. The fourth-order valence-corrected chi connectivity index (χ4v) is 3.44. The Morgan fingerprint density at radius 3 is 2.56 bits per heavy atom. The van der Waals surface area contributed by atoms with E-state index in [1.54, 1.807) is 26.4 Å². The Labute approximate surface area is 157 Å². The van der Waals surface area contributed by atoms with E-state index in [9.17, 15) is 9.59 Å². The molecule has 3 N–H and O–H groups in total. The minimum absolute atomic E-state index is 0.194. The molecule has 144 valence electrons. The molecule has 0 spiro atoms. The third-order valence-corrected chi connectivity index (χ3v) is 5.01. The SMILES string of the molecule is COc1cc(C(=O)NC[C@@H]2CCn3ncc(C(N)=O)c3C2)cc(OC)c1C. The Morgan fingerprint density at radius 1 is 1.30 bits per heavy atom. The molecule has 8 heteroatoms. The maximum absolute atomic E-state index is 12.6. The van der Waals surface area contributed by atoms with Crippen LogP contribution in [0.1, 0.15) is 38.4 Å². The molecular weight excluding hydrogens is 348 g/mol. The van der Waals surface area contributed by atoms with E-state index in [2.05, 4.69) is 10.4 Å². The number of nitrogens with two attached hydrogens (primary N) is 1. The second kappa shape index (κ2) is 7.69. The number of carbonyl (C=O) groups is 2. The lowest BCUT2D eigenvalue weighted by Crippen LogP contribution is -2.34. The van der Waals surface area contributed by atoms with Crippen molar-refractivity contribution in [3.63, 3.8) is 0 Å². The molecule has 0 saturated heterocycles. The third-order valence-electron chi connectivity index (χ3n) is 5.01. The first-order valence-electron chi connectivity index (χ1n) is 8.79. The van der Waals surface area contributed by atoms with Crippen LogP contribution >= 0.6 is 0 Å². The number of hydrogen-bond acceptors (Lipinski definition) is 5. The van der Waals surface area contributed by atoms with Gasteiger partial charge in [-0.15, -0.1) is 0 Å². The molecule has 0 bridgehead atoms. The van der Waals surface area contributed by atoms with Crippen LogP contribution in [-0.2, 0) is 13.0 Å². The van der Waals surface area contributed by atoms with E-state index in [0.29, 0.717) is 42.1 Å². The van der Waals surface area contributed by atoms with E-state index >= 15 is 0 Å². The highest BCUT2D eigenvalue weighted by molar-refractivity contribution is 5.95. The normalized spacial score (nSPS) is 15.7. The van der Waals surface area contributed by atoms with E-state index in [0.717, 1.165) is 17.7 Å². The summed E-state index contributed by atoms with van der Waals surface area (Å²) in [6.07, 6.45) is 3.04. The number of nitrogens with one attached hydrogen (secondary N) is 1. The highest BCUT2D eigenvalue weighted by Gasteiger charge is 2.25. The number of fused-ring (bicyclic) bond motifs is 1. The molecular formula is C19H24N4O4. The number of amides is 2. The summed E-state index contributed by atoms with van der Waals surface area (Å²) in [6, 6.07) is 3.41. The van der Waals surface area contributed by atoms with Crippen LogP contribution in [-0.4, -0.2) is 42.4 Å². The second-order valence-electron chi connectivity index (χ2n) is 6.67. The molecule has 27 heavy (non-hydrogen) atoms. The molecule has 1 aromatic carbocycles. The number of methoxy groups -OCH3 is 2. The lowest BCUT2D eigenvalue weighted by atomic mass is 9.94. The molecule has 1 aliphatic rings. The number of rotatable bonds is 6. The Bertz CT molecular complexity index is 850. The number of benzene rings is 1.